The smallest absolute Gasteiger partial charge is 0.410 e. The van der Waals surface area contributed by atoms with E-state index in [-0.39, 0.29) is 18.7 Å². The topological polar surface area (TPSA) is 67.6 Å². The van der Waals surface area contributed by atoms with E-state index in [1.165, 1.54) is 0 Å². The van der Waals surface area contributed by atoms with Gasteiger partial charge in [-0.3, -0.25) is 4.68 Å². The maximum absolute atomic E-state index is 12.3. The highest BCUT2D eigenvalue weighted by Gasteiger charge is 2.33. The van der Waals surface area contributed by atoms with Crippen molar-refractivity contribution < 1.29 is 14.6 Å². The highest BCUT2D eigenvalue weighted by molar-refractivity contribution is 14.1. The van der Waals surface area contributed by atoms with Crippen molar-refractivity contribution in [3.05, 3.63) is 15.0 Å². The molecule has 2 rings (SSSR count). The number of ether oxygens (including phenoxy) is 1. The fourth-order valence-electron chi connectivity index (χ4n) is 2.47. The number of aliphatic hydroxyl groups excluding tert-OH is 1. The normalized spacial score (nSPS) is 18.6. The summed E-state index contributed by atoms with van der Waals surface area (Å²) in [4.78, 5) is 13.9. The van der Waals surface area contributed by atoms with E-state index < -0.39 is 5.60 Å². The minimum Gasteiger partial charge on any atom is -0.444 e. The van der Waals surface area contributed by atoms with Gasteiger partial charge in [0, 0.05) is 12.1 Å². The van der Waals surface area contributed by atoms with E-state index >= 15 is 0 Å². The Bertz CT molecular complexity index is 536. The molecule has 0 radical (unpaired) electrons. The summed E-state index contributed by atoms with van der Waals surface area (Å²) in [6.07, 6.45) is 0.513. The molecule has 1 aromatic heterocycles. The zero-order valence-corrected chi connectivity index (χ0v) is 15.0. The molecular weight excluding hydrogens is 385 g/mol. The second kappa shape index (κ2) is 6.12. The molecule has 6 nitrogen and oxygen atoms in total. The fraction of sp³-hybridized carbons (Fsp3) is 0.714. The molecule has 21 heavy (non-hydrogen) atoms. The molecule has 1 aliphatic rings. The van der Waals surface area contributed by atoms with E-state index in [4.69, 9.17) is 4.74 Å². The second-order valence-electron chi connectivity index (χ2n) is 6.21. The van der Waals surface area contributed by atoms with Crippen molar-refractivity contribution in [2.45, 2.75) is 52.3 Å². The van der Waals surface area contributed by atoms with Gasteiger partial charge in [0.1, 0.15) is 9.30 Å². The molecule has 1 unspecified atom stereocenters. The number of carbonyl (C=O) groups excluding carboxylic acids is 1. The number of nitrogens with zero attached hydrogens (tertiary/aromatic N) is 3. The standard InChI is InChI=1S/C14H22IN3O3/c1-5-10-11-7-17(13(20)21-14(2,3)4)6-9(8-19)18(11)16-12(10)15/h9,19H,5-8H2,1-4H3. The van der Waals surface area contributed by atoms with Crippen LogP contribution in [0.3, 0.4) is 0 Å². The number of hydrogen-bond acceptors (Lipinski definition) is 4. The third kappa shape index (κ3) is 3.50. The third-order valence-electron chi connectivity index (χ3n) is 3.40. The molecule has 0 fully saturated rings. The largest absolute Gasteiger partial charge is 0.444 e. The molecule has 1 atom stereocenters. The minimum absolute atomic E-state index is 0.0484. The summed E-state index contributed by atoms with van der Waals surface area (Å²) in [5, 5.41) is 14.1. The predicted octanol–water partition coefficient (Wildman–Crippen LogP) is 2.33. The summed E-state index contributed by atoms with van der Waals surface area (Å²) >= 11 is 2.21. The van der Waals surface area contributed by atoms with E-state index in [0.717, 1.165) is 21.4 Å². The van der Waals surface area contributed by atoms with Crippen molar-refractivity contribution in [3.63, 3.8) is 0 Å². The summed E-state index contributed by atoms with van der Waals surface area (Å²) in [6, 6.07) is -0.213. The Kier molecular flexibility index (Phi) is 4.82. The van der Waals surface area contributed by atoms with Crippen LogP contribution >= 0.6 is 22.6 Å². The second-order valence-corrected chi connectivity index (χ2v) is 7.23. The predicted molar refractivity (Wildman–Crippen MR) is 87.1 cm³/mol. The van der Waals surface area contributed by atoms with Crippen molar-refractivity contribution in [2.24, 2.45) is 0 Å². The monoisotopic (exact) mass is 407 g/mol. The summed E-state index contributed by atoms with van der Waals surface area (Å²) in [5.74, 6) is 0. The first-order chi connectivity index (χ1) is 9.76. The fourth-order valence-corrected chi connectivity index (χ4v) is 3.40. The Morgan fingerprint density at radius 2 is 2.19 bits per heavy atom. The highest BCUT2D eigenvalue weighted by atomic mass is 127. The van der Waals surface area contributed by atoms with Crippen LogP contribution in [0.2, 0.25) is 0 Å². The maximum atomic E-state index is 12.3. The number of rotatable bonds is 2. The van der Waals surface area contributed by atoms with Crippen LogP contribution in [-0.2, 0) is 17.7 Å². The SMILES string of the molecule is CCc1c(I)nn2c1CN(C(=O)OC(C)(C)C)CC2CO. The zero-order chi connectivity index (χ0) is 15.8. The van der Waals surface area contributed by atoms with Crippen LogP contribution in [0.15, 0.2) is 0 Å². The Hall–Kier alpha value is -0.830. The van der Waals surface area contributed by atoms with Crippen LogP contribution in [0, 0.1) is 3.70 Å². The molecule has 0 spiro atoms. The molecule has 1 aliphatic heterocycles. The van der Waals surface area contributed by atoms with Crippen LogP contribution in [0.1, 0.15) is 45.0 Å². The molecule has 0 bridgehead atoms. The minimum atomic E-state index is -0.522. The Balaban J connectivity index is 2.28. The number of aromatic nitrogens is 2. The van der Waals surface area contributed by atoms with Crippen LogP contribution in [0.25, 0.3) is 0 Å². The lowest BCUT2D eigenvalue weighted by Gasteiger charge is -2.34. The van der Waals surface area contributed by atoms with Gasteiger partial charge in [-0.05, 0) is 49.8 Å². The number of halogens is 1. The number of hydrogen-bond donors (Lipinski definition) is 1. The van der Waals surface area contributed by atoms with E-state index in [1.54, 1.807) is 4.90 Å². The zero-order valence-electron chi connectivity index (χ0n) is 12.9. The lowest BCUT2D eigenvalue weighted by molar-refractivity contribution is 0.0128. The number of aliphatic hydroxyl groups is 1. The quantitative estimate of drug-likeness (QED) is 0.765. The number of amides is 1. The van der Waals surface area contributed by atoms with Crippen molar-refractivity contribution in [2.75, 3.05) is 13.2 Å². The van der Waals surface area contributed by atoms with Gasteiger partial charge in [0.15, 0.2) is 0 Å². The Morgan fingerprint density at radius 1 is 1.52 bits per heavy atom. The highest BCUT2D eigenvalue weighted by Crippen LogP contribution is 2.28. The molecule has 1 N–H and O–H groups in total. The average Bonchev–Trinajstić information content (AvgIpc) is 2.70. The van der Waals surface area contributed by atoms with Gasteiger partial charge < -0.3 is 14.7 Å². The van der Waals surface area contributed by atoms with Crippen LogP contribution in [-0.4, -0.2) is 44.6 Å². The Morgan fingerprint density at radius 3 is 2.71 bits per heavy atom. The maximum Gasteiger partial charge on any atom is 0.410 e. The first-order valence-electron chi connectivity index (χ1n) is 7.11. The van der Waals surface area contributed by atoms with Gasteiger partial charge >= 0.3 is 6.09 Å². The molecule has 0 saturated heterocycles. The Labute approximate surface area is 138 Å². The first kappa shape index (κ1) is 16.5. The lowest BCUT2D eigenvalue weighted by atomic mass is 10.1. The molecule has 0 saturated carbocycles. The van der Waals surface area contributed by atoms with Crippen LogP contribution in [0.4, 0.5) is 4.79 Å². The van der Waals surface area contributed by atoms with Gasteiger partial charge in [-0.15, -0.1) is 0 Å². The summed E-state index contributed by atoms with van der Waals surface area (Å²) in [5.41, 5.74) is 1.62. The third-order valence-corrected chi connectivity index (χ3v) is 4.27. The van der Waals surface area contributed by atoms with Gasteiger partial charge in [0.2, 0.25) is 0 Å². The molecule has 118 valence electrons. The summed E-state index contributed by atoms with van der Waals surface area (Å²) in [7, 11) is 0. The van der Waals surface area contributed by atoms with Crippen molar-refractivity contribution >= 4 is 28.7 Å². The molecule has 1 amide bonds. The van der Waals surface area contributed by atoms with Crippen molar-refractivity contribution in [3.8, 4) is 0 Å². The van der Waals surface area contributed by atoms with Crippen LogP contribution in [0.5, 0.6) is 0 Å². The van der Waals surface area contributed by atoms with Gasteiger partial charge in [-0.25, -0.2) is 4.79 Å². The van der Waals surface area contributed by atoms with E-state index in [0.29, 0.717) is 13.1 Å². The first-order valence-corrected chi connectivity index (χ1v) is 8.19. The number of fused-ring (bicyclic) bond motifs is 1. The van der Waals surface area contributed by atoms with Crippen molar-refractivity contribution in [1.82, 2.24) is 14.7 Å². The molecular formula is C14H22IN3O3. The van der Waals surface area contributed by atoms with Gasteiger partial charge in [-0.2, -0.15) is 5.10 Å². The molecule has 1 aromatic rings. The lowest BCUT2D eigenvalue weighted by Crippen LogP contribution is -2.44. The van der Waals surface area contributed by atoms with Gasteiger partial charge in [0.25, 0.3) is 0 Å². The average molecular weight is 407 g/mol. The molecule has 2 heterocycles. The van der Waals surface area contributed by atoms with Crippen LogP contribution < -0.4 is 0 Å². The van der Waals surface area contributed by atoms with Gasteiger partial charge in [0.05, 0.1) is 24.9 Å². The van der Waals surface area contributed by atoms with Crippen molar-refractivity contribution in [1.29, 1.82) is 0 Å². The summed E-state index contributed by atoms with van der Waals surface area (Å²) < 4.78 is 8.24. The molecule has 7 heteroatoms. The van der Waals surface area contributed by atoms with E-state index in [2.05, 4.69) is 34.6 Å². The number of carbonyl (C=O) groups is 1. The van der Waals surface area contributed by atoms with E-state index in [9.17, 15) is 9.90 Å². The summed E-state index contributed by atoms with van der Waals surface area (Å²) in [6.45, 7) is 8.46. The van der Waals surface area contributed by atoms with E-state index in [1.807, 2.05) is 25.5 Å². The molecule has 0 aromatic carbocycles. The molecule has 0 aliphatic carbocycles. The van der Waals surface area contributed by atoms with Gasteiger partial charge in [-0.1, -0.05) is 6.92 Å².